The van der Waals surface area contributed by atoms with Gasteiger partial charge in [-0.15, -0.1) is 5.10 Å². The molecule has 0 saturated carbocycles. The van der Waals surface area contributed by atoms with Gasteiger partial charge in [-0.25, -0.2) is 9.48 Å². The van der Waals surface area contributed by atoms with Gasteiger partial charge < -0.3 is 0 Å². The van der Waals surface area contributed by atoms with Crippen molar-refractivity contribution in [1.82, 2.24) is 14.8 Å². The summed E-state index contributed by atoms with van der Waals surface area (Å²) < 4.78 is 39.4. The van der Waals surface area contributed by atoms with E-state index in [1.165, 1.54) is 30.0 Å². The number of thioether (sulfide) groups is 1. The van der Waals surface area contributed by atoms with Crippen molar-refractivity contribution < 1.29 is 13.2 Å². The Morgan fingerprint density at radius 1 is 1.37 bits per heavy atom. The molecule has 2 aromatic rings. The van der Waals surface area contributed by atoms with E-state index in [0.717, 1.165) is 10.7 Å². The van der Waals surface area contributed by atoms with Gasteiger partial charge in [0.25, 0.3) is 0 Å². The van der Waals surface area contributed by atoms with Crippen LogP contribution in [0.5, 0.6) is 0 Å². The highest BCUT2D eigenvalue weighted by Gasteiger charge is 2.33. The van der Waals surface area contributed by atoms with Gasteiger partial charge in [0.05, 0.1) is 12.1 Å². The Labute approximate surface area is 110 Å². The first-order valence-corrected chi connectivity index (χ1v) is 6.50. The van der Waals surface area contributed by atoms with Crippen LogP contribution in [0.15, 0.2) is 34.2 Å². The molecule has 1 N–H and O–H groups in total. The Morgan fingerprint density at radius 2 is 2.05 bits per heavy atom. The van der Waals surface area contributed by atoms with Crippen molar-refractivity contribution in [3.8, 4) is 0 Å². The average Bonchev–Trinajstić information content (AvgIpc) is 2.70. The van der Waals surface area contributed by atoms with E-state index in [9.17, 15) is 18.0 Å². The van der Waals surface area contributed by atoms with Gasteiger partial charge in [-0.05, 0) is 17.9 Å². The number of nitrogens with zero attached hydrogens (tertiary/aromatic N) is 2. The van der Waals surface area contributed by atoms with Crippen LogP contribution in [0.25, 0.3) is 0 Å². The fraction of sp³-hybridized carbons (Fsp3) is 0.273. The normalized spacial score (nSPS) is 11.8. The number of hydrogen-bond donors (Lipinski definition) is 1. The first-order chi connectivity index (χ1) is 8.91. The zero-order chi connectivity index (χ0) is 14.0. The number of aromatic amines is 1. The van der Waals surface area contributed by atoms with E-state index < -0.39 is 17.4 Å². The summed E-state index contributed by atoms with van der Waals surface area (Å²) in [6.45, 7) is -0.217. The second-order valence-electron chi connectivity index (χ2n) is 3.75. The number of aromatic nitrogens is 3. The molecule has 102 valence electrons. The zero-order valence-electron chi connectivity index (χ0n) is 9.86. The third-order valence-electron chi connectivity index (χ3n) is 2.50. The van der Waals surface area contributed by atoms with Gasteiger partial charge in [-0.2, -0.15) is 13.2 Å². The number of halogens is 3. The van der Waals surface area contributed by atoms with E-state index >= 15 is 0 Å². The number of rotatable bonds is 3. The first-order valence-electron chi connectivity index (χ1n) is 5.28. The molecule has 0 fully saturated rings. The van der Waals surface area contributed by atoms with E-state index in [1.807, 2.05) is 0 Å². The monoisotopic (exact) mass is 289 g/mol. The number of nitrogens with one attached hydrogen (secondary N) is 1. The highest BCUT2D eigenvalue weighted by atomic mass is 32.2. The standard InChI is InChI=1S/C11H10F3N3OS/c1-19-9-15-10(18)17(16-9)6-7-4-2-3-5-8(7)11(12,13)14/h2-5H,6H2,1H3,(H,15,16,18). The Balaban J connectivity index is 2.38. The molecule has 8 heteroatoms. The minimum Gasteiger partial charge on any atom is -0.284 e. The van der Waals surface area contributed by atoms with Gasteiger partial charge in [0, 0.05) is 0 Å². The molecule has 0 radical (unpaired) electrons. The molecule has 0 spiro atoms. The van der Waals surface area contributed by atoms with Crippen molar-refractivity contribution >= 4 is 11.8 Å². The minimum atomic E-state index is -4.45. The summed E-state index contributed by atoms with van der Waals surface area (Å²) in [5.41, 5.74) is -1.27. The van der Waals surface area contributed by atoms with Crippen LogP contribution in [0.4, 0.5) is 13.2 Å². The van der Waals surface area contributed by atoms with Crippen molar-refractivity contribution in [1.29, 1.82) is 0 Å². The van der Waals surface area contributed by atoms with E-state index in [4.69, 9.17) is 0 Å². The molecule has 0 unspecified atom stereocenters. The van der Waals surface area contributed by atoms with E-state index in [-0.39, 0.29) is 12.1 Å². The molecule has 2 rings (SSSR count). The van der Waals surface area contributed by atoms with Crippen LogP contribution in [-0.2, 0) is 12.7 Å². The molecule has 0 bridgehead atoms. The SMILES string of the molecule is CSc1nn(Cc2ccccc2C(F)(F)F)c(=O)[nH]1. The summed E-state index contributed by atoms with van der Waals surface area (Å²) >= 11 is 1.21. The summed E-state index contributed by atoms with van der Waals surface area (Å²) in [6, 6.07) is 5.13. The van der Waals surface area contributed by atoms with Crippen molar-refractivity contribution in [2.45, 2.75) is 17.9 Å². The predicted molar refractivity (Wildman–Crippen MR) is 65.2 cm³/mol. The summed E-state index contributed by atoms with van der Waals surface area (Å²) in [7, 11) is 0. The van der Waals surface area contributed by atoms with Gasteiger partial charge in [0.1, 0.15) is 0 Å². The lowest BCUT2D eigenvalue weighted by atomic mass is 10.1. The van der Waals surface area contributed by atoms with Crippen LogP contribution in [0.2, 0.25) is 0 Å². The molecule has 0 aliphatic rings. The average molecular weight is 289 g/mol. The third-order valence-corrected chi connectivity index (χ3v) is 3.07. The highest BCUT2D eigenvalue weighted by molar-refractivity contribution is 7.98. The number of alkyl halides is 3. The molecule has 4 nitrogen and oxygen atoms in total. The lowest BCUT2D eigenvalue weighted by Crippen LogP contribution is -2.21. The molecule has 0 aliphatic heterocycles. The fourth-order valence-electron chi connectivity index (χ4n) is 1.63. The lowest BCUT2D eigenvalue weighted by Gasteiger charge is -2.11. The Morgan fingerprint density at radius 3 is 2.63 bits per heavy atom. The van der Waals surface area contributed by atoms with Crippen LogP contribution < -0.4 is 5.69 Å². The Kier molecular flexibility index (Phi) is 3.70. The lowest BCUT2D eigenvalue weighted by molar-refractivity contribution is -0.138. The number of H-pyrrole nitrogens is 1. The van der Waals surface area contributed by atoms with Gasteiger partial charge in [-0.1, -0.05) is 30.0 Å². The second-order valence-corrected chi connectivity index (χ2v) is 4.55. The fourth-order valence-corrected chi connectivity index (χ4v) is 2.00. The van der Waals surface area contributed by atoms with Crippen LogP contribution in [-0.4, -0.2) is 21.0 Å². The molecule has 0 aliphatic carbocycles. The predicted octanol–water partition coefficient (Wildman–Crippen LogP) is 2.36. The topological polar surface area (TPSA) is 50.7 Å². The number of benzene rings is 1. The quantitative estimate of drug-likeness (QED) is 0.883. The highest BCUT2D eigenvalue weighted by Crippen LogP contribution is 2.31. The summed E-state index contributed by atoms with van der Waals surface area (Å²) in [5.74, 6) is 0. The molecule has 1 aromatic carbocycles. The van der Waals surface area contributed by atoms with Crippen molar-refractivity contribution in [2.75, 3.05) is 6.26 Å². The number of hydrogen-bond acceptors (Lipinski definition) is 3. The molecule has 1 heterocycles. The van der Waals surface area contributed by atoms with Crippen molar-refractivity contribution in [3.63, 3.8) is 0 Å². The largest absolute Gasteiger partial charge is 0.416 e. The summed E-state index contributed by atoms with van der Waals surface area (Å²) in [5, 5.41) is 4.26. The minimum absolute atomic E-state index is 0.0104. The van der Waals surface area contributed by atoms with Gasteiger partial charge >= 0.3 is 11.9 Å². The Hall–Kier alpha value is -1.70. The van der Waals surface area contributed by atoms with E-state index in [0.29, 0.717) is 5.16 Å². The van der Waals surface area contributed by atoms with Crippen molar-refractivity contribution in [2.24, 2.45) is 0 Å². The molecule has 0 saturated heterocycles. The van der Waals surface area contributed by atoms with Crippen molar-refractivity contribution in [3.05, 3.63) is 45.9 Å². The van der Waals surface area contributed by atoms with Gasteiger partial charge in [0.2, 0.25) is 0 Å². The maximum atomic E-state index is 12.8. The van der Waals surface area contributed by atoms with Gasteiger partial charge in [-0.3, -0.25) is 4.98 Å². The summed E-state index contributed by atoms with van der Waals surface area (Å²) in [4.78, 5) is 14.0. The van der Waals surface area contributed by atoms with E-state index in [2.05, 4.69) is 10.1 Å². The maximum absolute atomic E-state index is 12.8. The zero-order valence-corrected chi connectivity index (χ0v) is 10.7. The molecule has 19 heavy (non-hydrogen) atoms. The van der Waals surface area contributed by atoms with Crippen LogP contribution in [0.1, 0.15) is 11.1 Å². The molecule has 1 aromatic heterocycles. The Bertz CT molecular complexity index is 633. The molecular weight excluding hydrogens is 279 g/mol. The van der Waals surface area contributed by atoms with Gasteiger partial charge in [0.15, 0.2) is 5.16 Å². The van der Waals surface area contributed by atoms with E-state index in [1.54, 1.807) is 6.26 Å². The molecular formula is C11H10F3N3OS. The van der Waals surface area contributed by atoms with Crippen LogP contribution in [0, 0.1) is 0 Å². The first kappa shape index (κ1) is 13.7. The van der Waals surface area contributed by atoms with Crippen LogP contribution in [0.3, 0.4) is 0 Å². The third kappa shape index (κ3) is 3.01. The summed E-state index contributed by atoms with van der Waals surface area (Å²) in [6.07, 6.45) is -2.73. The molecule has 0 atom stereocenters. The smallest absolute Gasteiger partial charge is 0.284 e. The maximum Gasteiger partial charge on any atom is 0.416 e. The second kappa shape index (κ2) is 5.12. The molecule has 0 amide bonds. The van der Waals surface area contributed by atoms with Crippen LogP contribution >= 0.6 is 11.8 Å².